The quantitative estimate of drug-likeness (QED) is 0.513. The first-order valence-electron chi connectivity index (χ1n) is 10.6. The predicted octanol–water partition coefficient (Wildman–Crippen LogP) is 4.92. The number of hydrogen-bond donors (Lipinski definition) is 0. The fourth-order valence-corrected chi connectivity index (χ4v) is 4.17. The molecule has 0 saturated carbocycles. The normalized spacial score (nSPS) is 19.0. The van der Waals surface area contributed by atoms with Crippen molar-refractivity contribution in [3.05, 3.63) is 18.3 Å². The Morgan fingerprint density at radius 3 is 2.76 bits per heavy atom. The lowest BCUT2D eigenvalue weighted by atomic mass is 10.1. The van der Waals surface area contributed by atoms with Crippen LogP contribution < -0.4 is 0 Å². The third-order valence-electron chi connectivity index (χ3n) is 6.02. The van der Waals surface area contributed by atoms with Gasteiger partial charge in [0.1, 0.15) is 23.8 Å². The standard InChI is InChI=1S/C22H34N4O2Si/c1-17(14-28-29(5,6)22(2,3)4)10-9-11-18-20-21(24-15-23-18)26(16-25-20)19-12-7-8-13-27-19/h15-17,19H,7-8,10,12-14H2,1-6H3/t17-,19?/m1/s1. The molecule has 0 N–H and O–H groups in total. The smallest absolute Gasteiger partial charge is 0.191 e. The van der Waals surface area contributed by atoms with Gasteiger partial charge in [0.15, 0.2) is 14.0 Å². The van der Waals surface area contributed by atoms with E-state index in [4.69, 9.17) is 9.16 Å². The summed E-state index contributed by atoms with van der Waals surface area (Å²) in [4.78, 5) is 13.3. The second-order valence-electron chi connectivity index (χ2n) is 9.55. The summed E-state index contributed by atoms with van der Waals surface area (Å²) in [5.41, 5.74) is 2.23. The average Bonchev–Trinajstić information content (AvgIpc) is 3.11. The van der Waals surface area contributed by atoms with Gasteiger partial charge >= 0.3 is 0 Å². The Morgan fingerprint density at radius 1 is 1.28 bits per heavy atom. The molecule has 2 aromatic heterocycles. The third-order valence-corrected chi connectivity index (χ3v) is 10.5. The first-order valence-corrected chi connectivity index (χ1v) is 13.5. The van der Waals surface area contributed by atoms with Crippen LogP contribution in [0.25, 0.3) is 11.2 Å². The van der Waals surface area contributed by atoms with Gasteiger partial charge in [0.2, 0.25) is 0 Å². The van der Waals surface area contributed by atoms with E-state index in [0.717, 1.165) is 50.1 Å². The molecule has 0 spiro atoms. The van der Waals surface area contributed by atoms with Crippen LogP contribution in [0.5, 0.6) is 0 Å². The summed E-state index contributed by atoms with van der Waals surface area (Å²) in [6.07, 6.45) is 7.42. The Balaban J connectivity index is 1.65. The van der Waals surface area contributed by atoms with Crippen molar-refractivity contribution < 1.29 is 9.16 Å². The SMILES string of the molecule is C[C@H](CC#Cc1ncnc2c1ncn2C1CCCCO1)CO[Si](C)(C)C(C)(C)C. The highest BCUT2D eigenvalue weighted by Gasteiger charge is 2.37. The molecule has 1 fully saturated rings. The molecule has 2 aromatic rings. The largest absolute Gasteiger partial charge is 0.417 e. The van der Waals surface area contributed by atoms with Crippen LogP contribution >= 0.6 is 0 Å². The van der Waals surface area contributed by atoms with Gasteiger partial charge in [0, 0.05) is 19.6 Å². The molecular weight excluding hydrogens is 380 g/mol. The fraction of sp³-hybridized carbons (Fsp3) is 0.682. The minimum Gasteiger partial charge on any atom is -0.417 e. The molecule has 0 radical (unpaired) electrons. The van der Waals surface area contributed by atoms with E-state index in [0.29, 0.717) is 11.6 Å². The molecule has 29 heavy (non-hydrogen) atoms. The van der Waals surface area contributed by atoms with Crippen LogP contribution in [0, 0.1) is 17.8 Å². The van der Waals surface area contributed by atoms with Crippen LogP contribution in [0.2, 0.25) is 18.1 Å². The average molecular weight is 415 g/mol. The summed E-state index contributed by atoms with van der Waals surface area (Å²) in [7, 11) is -1.71. The highest BCUT2D eigenvalue weighted by Crippen LogP contribution is 2.36. The maximum atomic E-state index is 6.32. The number of imidazole rings is 1. The van der Waals surface area contributed by atoms with Crippen LogP contribution in [-0.4, -0.2) is 41.1 Å². The van der Waals surface area contributed by atoms with Gasteiger partial charge in [-0.15, -0.1) is 0 Å². The zero-order valence-electron chi connectivity index (χ0n) is 18.7. The summed E-state index contributed by atoms with van der Waals surface area (Å²) in [5, 5.41) is 0.228. The fourth-order valence-electron chi connectivity index (χ4n) is 3.03. The third kappa shape index (κ3) is 5.24. The topological polar surface area (TPSA) is 62.1 Å². The lowest BCUT2D eigenvalue weighted by Gasteiger charge is -2.36. The monoisotopic (exact) mass is 414 g/mol. The maximum absolute atomic E-state index is 6.32. The minimum atomic E-state index is -1.71. The van der Waals surface area contributed by atoms with Gasteiger partial charge in [-0.25, -0.2) is 15.0 Å². The van der Waals surface area contributed by atoms with Crippen molar-refractivity contribution in [3.8, 4) is 11.8 Å². The molecule has 6 nitrogen and oxygen atoms in total. The Kier molecular flexibility index (Phi) is 6.77. The van der Waals surface area contributed by atoms with Crippen LogP contribution in [-0.2, 0) is 9.16 Å². The first-order chi connectivity index (χ1) is 13.7. The van der Waals surface area contributed by atoms with E-state index < -0.39 is 8.32 Å². The van der Waals surface area contributed by atoms with Gasteiger partial charge in [-0.05, 0) is 49.2 Å². The van der Waals surface area contributed by atoms with E-state index >= 15 is 0 Å². The summed E-state index contributed by atoms with van der Waals surface area (Å²) < 4.78 is 14.2. The number of hydrogen-bond acceptors (Lipinski definition) is 5. The molecule has 1 aliphatic heterocycles. The van der Waals surface area contributed by atoms with Gasteiger partial charge < -0.3 is 9.16 Å². The van der Waals surface area contributed by atoms with E-state index in [-0.39, 0.29) is 11.3 Å². The van der Waals surface area contributed by atoms with Crippen molar-refractivity contribution in [2.45, 2.75) is 77.7 Å². The van der Waals surface area contributed by atoms with Crippen molar-refractivity contribution in [1.82, 2.24) is 19.5 Å². The molecule has 1 unspecified atom stereocenters. The number of nitrogens with zero attached hydrogens (tertiary/aromatic N) is 4. The van der Waals surface area contributed by atoms with Crippen molar-refractivity contribution in [2.24, 2.45) is 5.92 Å². The zero-order valence-corrected chi connectivity index (χ0v) is 19.7. The van der Waals surface area contributed by atoms with Gasteiger partial charge in [0.25, 0.3) is 0 Å². The highest BCUT2D eigenvalue weighted by atomic mass is 28.4. The summed E-state index contributed by atoms with van der Waals surface area (Å²) in [6, 6.07) is 0. The molecule has 0 bridgehead atoms. The molecule has 7 heteroatoms. The maximum Gasteiger partial charge on any atom is 0.191 e. The summed E-state index contributed by atoms with van der Waals surface area (Å²) in [6.45, 7) is 15.1. The van der Waals surface area contributed by atoms with E-state index in [1.54, 1.807) is 12.7 Å². The number of ether oxygens (including phenoxy) is 1. The Hall–Kier alpha value is -1.75. The van der Waals surface area contributed by atoms with Crippen molar-refractivity contribution in [2.75, 3.05) is 13.2 Å². The number of rotatable bonds is 5. The van der Waals surface area contributed by atoms with Gasteiger partial charge in [0.05, 0.1) is 6.33 Å². The molecule has 1 aliphatic rings. The van der Waals surface area contributed by atoms with E-state index in [1.165, 1.54) is 0 Å². The van der Waals surface area contributed by atoms with Crippen molar-refractivity contribution in [1.29, 1.82) is 0 Å². The predicted molar refractivity (Wildman–Crippen MR) is 118 cm³/mol. The van der Waals surface area contributed by atoms with Crippen LogP contribution in [0.15, 0.2) is 12.7 Å². The Labute approximate surface area is 175 Å². The van der Waals surface area contributed by atoms with Gasteiger partial charge in [-0.3, -0.25) is 4.57 Å². The lowest BCUT2D eigenvalue weighted by Crippen LogP contribution is -2.41. The molecule has 0 aliphatic carbocycles. The summed E-state index contributed by atoms with van der Waals surface area (Å²) in [5.74, 6) is 6.85. The summed E-state index contributed by atoms with van der Waals surface area (Å²) >= 11 is 0. The molecule has 0 aromatic carbocycles. The van der Waals surface area contributed by atoms with E-state index in [9.17, 15) is 0 Å². The number of fused-ring (bicyclic) bond motifs is 1. The Bertz CT molecular complexity index is 886. The second-order valence-corrected chi connectivity index (χ2v) is 14.4. The van der Waals surface area contributed by atoms with Crippen molar-refractivity contribution in [3.63, 3.8) is 0 Å². The number of aromatic nitrogens is 4. The molecule has 158 valence electrons. The highest BCUT2D eigenvalue weighted by molar-refractivity contribution is 6.74. The van der Waals surface area contributed by atoms with Crippen LogP contribution in [0.3, 0.4) is 0 Å². The molecule has 0 amide bonds. The zero-order chi connectivity index (χ0) is 21.1. The molecule has 2 atom stereocenters. The first kappa shape index (κ1) is 21.9. The second kappa shape index (κ2) is 8.95. The molecule has 3 rings (SSSR count). The Morgan fingerprint density at radius 2 is 2.07 bits per heavy atom. The lowest BCUT2D eigenvalue weighted by molar-refractivity contribution is -0.0298. The minimum absolute atomic E-state index is 0.0111. The van der Waals surface area contributed by atoms with Crippen molar-refractivity contribution >= 4 is 19.5 Å². The molecule has 1 saturated heterocycles. The van der Waals surface area contributed by atoms with Gasteiger partial charge in [-0.1, -0.05) is 33.6 Å². The van der Waals surface area contributed by atoms with Crippen LogP contribution in [0.4, 0.5) is 0 Å². The molecular formula is C22H34N4O2Si. The van der Waals surface area contributed by atoms with Gasteiger partial charge in [-0.2, -0.15) is 0 Å². The van der Waals surface area contributed by atoms with E-state index in [1.807, 2.05) is 4.57 Å². The molecule has 3 heterocycles. The van der Waals surface area contributed by atoms with E-state index in [2.05, 4.69) is 67.6 Å². The van der Waals surface area contributed by atoms with Crippen LogP contribution in [0.1, 0.15) is 65.3 Å².